The largest absolute Gasteiger partial charge is 0.478 e. The summed E-state index contributed by atoms with van der Waals surface area (Å²) in [7, 11) is 0. The second-order valence-electron chi connectivity index (χ2n) is 8.42. The van der Waals surface area contributed by atoms with Gasteiger partial charge < -0.3 is 9.84 Å². The van der Waals surface area contributed by atoms with Gasteiger partial charge >= 0.3 is 5.97 Å². The van der Waals surface area contributed by atoms with Gasteiger partial charge in [0.05, 0.1) is 10.3 Å². The van der Waals surface area contributed by atoms with Crippen molar-refractivity contribution in [3.8, 4) is 5.75 Å². The number of para-hydroxylation sites is 2. The minimum Gasteiger partial charge on any atom is -0.478 e. The van der Waals surface area contributed by atoms with Gasteiger partial charge in [0.2, 0.25) is 5.72 Å². The Kier molecular flexibility index (Phi) is 4.14. The fourth-order valence-corrected chi connectivity index (χ4v) is 4.74. The number of benzene rings is 3. The van der Waals surface area contributed by atoms with Crippen molar-refractivity contribution < 1.29 is 19.6 Å². The van der Waals surface area contributed by atoms with E-state index in [-0.39, 0.29) is 17.0 Å². The van der Waals surface area contributed by atoms with Gasteiger partial charge in [0.1, 0.15) is 11.3 Å². The Balaban J connectivity index is 1.78. The SMILES string of the molecule is CC1(C)c2ccccc2N(c2ccccc2)[C@@]12C=Cc1cc([N+](=O)[O-])cc(C(=O)O)c1O2. The van der Waals surface area contributed by atoms with Crippen molar-refractivity contribution in [2.75, 3.05) is 4.90 Å². The number of ether oxygens (including phenoxy) is 1. The monoisotopic (exact) mass is 428 g/mol. The molecule has 0 aliphatic carbocycles. The second kappa shape index (κ2) is 6.68. The molecule has 2 aliphatic heterocycles. The summed E-state index contributed by atoms with van der Waals surface area (Å²) in [4.78, 5) is 24.8. The maximum Gasteiger partial charge on any atom is 0.339 e. The van der Waals surface area contributed by atoms with Gasteiger partial charge in [0.15, 0.2) is 0 Å². The molecular formula is C25H20N2O5. The molecule has 160 valence electrons. The maximum atomic E-state index is 12.0. The lowest BCUT2D eigenvalue weighted by atomic mass is 9.76. The molecule has 7 heteroatoms. The van der Waals surface area contributed by atoms with E-state index in [4.69, 9.17) is 4.74 Å². The first-order valence-electron chi connectivity index (χ1n) is 10.1. The van der Waals surface area contributed by atoms with Crippen molar-refractivity contribution >= 4 is 29.1 Å². The Morgan fingerprint density at radius 3 is 2.44 bits per heavy atom. The highest BCUT2D eigenvalue weighted by molar-refractivity contribution is 5.94. The van der Waals surface area contributed by atoms with E-state index in [1.165, 1.54) is 6.07 Å². The lowest BCUT2D eigenvalue weighted by Crippen LogP contribution is -2.58. The van der Waals surface area contributed by atoms with Crippen LogP contribution in [0.3, 0.4) is 0 Å². The zero-order valence-corrected chi connectivity index (χ0v) is 17.5. The lowest BCUT2D eigenvalue weighted by Gasteiger charge is -2.47. The number of non-ortho nitro benzene ring substituents is 1. The minimum atomic E-state index is -1.28. The van der Waals surface area contributed by atoms with E-state index >= 15 is 0 Å². The van der Waals surface area contributed by atoms with Crippen LogP contribution in [-0.2, 0) is 5.41 Å². The first-order chi connectivity index (χ1) is 15.3. The normalized spacial score (nSPS) is 19.9. The third-order valence-corrected chi connectivity index (χ3v) is 6.35. The number of fused-ring (bicyclic) bond motifs is 2. The second-order valence-corrected chi connectivity index (χ2v) is 8.42. The maximum absolute atomic E-state index is 12.0. The molecule has 2 aliphatic rings. The molecule has 0 saturated carbocycles. The fraction of sp³-hybridized carbons (Fsp3) is 0.160. The van der Waals surface area contributed by atoms with E-state index in [0.717, 1.165) is 23.0 Å². The van der Waals surface area contributed by atoms with Gasteiger partial charge in [0, 0.05) is 29.1 Å². The highest BCUT2D eigenvalue weighted by atomic mass is 16.6. The number of carboxylic acid groups (broad SMARTS) is 1. The summed E-state index contributed by atoms with van der Waals surface area (Å²) in [6.45, 7) is 4.10. The van der Waals surface area contributed by atoms with Crippen LogP contribution in [-0.4, -0.2) is 21.7 Å². The Morgan fingerprint density at radius 2 is 1.75 bits per heavy atom. The summed E-state index contributed by atoms with van der Waals surface area (Å²) < 4.78 is 6.61. The first-order valence-corrected chi connectivity index (χ1v) is 10.1. The number of anilines is 2. The zero-order chi connectivity index (χ0) is 22.7. The van der Waals surface area contributed by atoms with E-state index in [1.54, 1.807) is 6.08 Å². The summed E-state index contributed by atoms with van der Waals surface area (Å²) in [5, 5.41) is 21.2. The Hall–Kier alpha value is -4.13. The molecule has 0 unspecified atom stereocenters. The summed E-state index contributed by atoms with van der Waals surface area (Å²) in [5.74, 6) is -1.16. The van der Waals surface area contributed by atoms with Gasteiger partial charge in [-0.3, -0.25) is 15.0 Å². The molecular weight excluding hydrogens is 408 g/mol. The number of hydrogen-bond donors (Lipinski definition) is 1. The molecule has 1 spiro atoms. The summed E-state index contributed by atoms with van der Waals surface area (Å²) >= 11 is 0. The number of nitro benzene ring substituents is 1. The standard InChI is InChI=1S/C25H20N2O5/c1-24(2)20-10-6-7-11-21(20)26(17-8-4-3-5-9-17)25(24)13-12-16-14-18(27(30)31)15-19(23(28)29)22(16)32-25/h3-15H,1-2H3,(H,28,29)/t25-/m1/s1. The molecule has 1 N–H and O–H groups in total. The number of aromatic carboxylic acids is 1. The van der Waals surface area contributed by atoms with Gasteiger partial charge in [-0.15, -0.1) is 0 Å². The molecule has 0 fully saturated rings. The highest BCUT2D eigenvalue weighted by Gasteiger charge is 2.59. The van der Waals surface area contributed by atoms with Crippen LogP contribution in [0.15, 0.2) is 72.8 Å². The van der Waals surface area contributed by atoms with Crippen LogP contribution in [0, 0.1) is 10.1 Å². The Bertz CT molecular complexity index is 1300. The average Bonchev–Trinajstić information content (AvgIpc) is 2.97. The molecule has 2 heterocycles. The Labute approximate surface area is 184 Å². The predicted octanol–water partition coefficient (Wildman–Crippen LogP) is 5.52. The van der Waals surface area contributed by atoms with Crippen molar-refractivity contribution in [1.29, 1.82) is 0 Å². The number of carboxylic acids is 1. The fourth-order valence-electron chi connectivity index (χ4n) is 4.74. The van der Waals surface area contributed by atoms with Crippen molar-refractivity contribution in [3.63, 3.8) is 0 Å². The molecule has 3 aromatic rings. The minimum absolute atomic E-state index is 0.118. The molecule has 0 radical (unpaired) electrons. The number of carbonyl (C=O) groups is 1. The van der Waals surface area contributed by atoms with E-state index in [0.29, 0.717) is 5.56 Å². The molecule has 0 amide bonds. The molecule has 32 heavy (non-hydrogen) atoms. The molecule has 1 atom stereocenters. The van der Waals surface area contributed by atoms with E-state index in [2.05, 4.69) is 18.7 Å². The average molecular weight is 428 g/mol. The van der Waals surface area contributed by atoms with Crippen molar-refractivity contribution in [1.82, 2.24) is 0 Å². The van der Waals surface area contributed by atoms with Crippen LogP contribution in [0.4, 0.5) is 17.1 Å². The van der Waals surface area contributed by atoms with E-state index in [9.17, 15) is 20.0 Å². The van der Waals surface area contributed by atoms with Gasteiger partial charge in [-0.1, -0.05) is 36.4 Å². The van der Waals surface area contributed by atoms with Crippen LogP contribution >= 0.6 is 0 Å². The van der Waals surface area contributed by atoms with Gasteiger partial charge in [0.25, 0.3) is 5.69 Å². The third-order valence-electron chi connectivity index (χ3n) is 6.35. The number of rotatable bonds is 3. The van der Waals surface area contributed by atoms with Gasteiger partial charge in [-0.05, 0) is 49.8 Å². The molecule has 5 rings (SSSR count). The Morgan fingerprint density at radius 1 is 1.06 bits per heavy atom. The number of nitrogens with zero attached hydrogens (tertiary/aromatic N) is 2. The molecule has 0 saturated heterocycles. The quantitative estimate of drug-likeness (QED) is 0.436. The van der Waals surface area contributed by atoms with Crippen molar-refractivity contribution in [3.05, 3.63) is 99.6 Å². The first kappa shape index (κ1) is 19.8. The predicted molar refractivity (Wildman–Crippen MR) is 120 cm³/mol. The van der Waals surface area contributed by atoms with Crippen LogP contribution < -0.4 is 9.64 Å². The molecule has 7 nitrogen and oxygen atoms in total. The van der Waals surface area contributed by atoms with Crippen molar-refractivity contribution in [2.24, 2.45) is 0 Å². The van der Waals surface area contributed by atoms with Gasteiger partial charge in [-0.2, -0.15) is 0 Å². The topological polar surface area (TPSA) is 92.9 Å². The van der Waals surface area contributed by atoms with Crippen molar-refractivity contribution in [2.45, 2.75) is 25.0 Å². The van der Waals surface area contributed by atoms with Gasteiger partial charge in [-0.25, -0.2) is 4.79 Å². The lowest BCUT2D eigenvalue weighted by molar-refractivity contribution is -0.384. The number of hydrogen-bond acceptors (Lipinski definition) is 5. The van der Waals surface area contributed by atoms with Crippen LogP contribution in [0.5, 0.6) is 5.75 Å². The zero-order valence-electron chi connectivity index (χ0n) is 17.5. The summed E-state index contributed by atoms with van der Waals surface area (Å²) in [6, 6.07) is 20.1. The highest BCUT2D eigenvalue weighted by Crippen LogP contribution is 2.58. The summed E-state index contributed by atoms with van der Waals surface area (Å²) in [5.41, 5.74) is 1.07. The van der Waals surface area contributed by atoms with E-state index in [1.807, 2.05) is 60.7 Å². The molecule has 0 bridgehead atoms. The third kappa shape index (κ3) is 2.57. The van der Waals surface area contributed by atoms with Crippen LogP contribution in [0.25, 0.3) is 6.08 Å². The molecule has 0 aromatic heterocycles. The number of nitro groups is 1. The smallest absolute Gasteiger partial charge is 0.339 e. The summed E-state index contributed by atoms with van der Waals surface area (Å²) in [6.07, 6.45) is 3.60. The molecule has 3 aromatic carbocycles. The van der Waals surface area contributed by atoms with E-state index < -0.39 is 22.0 Å². The van der Waals surface area contributed by atoms with Crippen LogP contribution in [0.1, 0.15) is 35.3 Å². The van der Waals surface area contributed by atoms with Crippen LogP contribution in [0.2, 0.25) is 0 Å².